The lowest BCUT2D eigenvalue weighted by molar-refractivity contribution is -0.113. The monoisotopic (exact) mass is 262 g/mol. The van der Waals surface area contributed by atoms with E-state index >= 15 is 0 Å². The number of carbonyl (C=O) groups excluding carboxylic acids is 2. The highest BCUT2D eigenvalue weighted by atomic mass is 16.1. The zero-order valence-electron chi connectivity index (χ0n) is 11.0. The van der Waals surface area contributed by atoms with E-state index in [1.54, 1.807) is 0 Å². The molecule has 0 radical (unpaired) electrons. The maximum Gasteiger partial charge on any atom is 0.167 e. The lowest BCUT2D eigenvalue weighted by Crippen LogP contribution is -2.05. The topological polar surface area (TPSA) is 34.1 Å². The van der Waals surface area contributed by atoms with E-state index in [1.807, 2.05) is 60.7 Å². The van der Waals surface area contributed by atoms with Crippen LogP contribution in [0.3, 0.4) is 0 Å². The van der Waals surface area contributed by atoms with Crippen LogP contribution < -0.4 is 0 Å². The van der Waals surface area contributed by atoms with E-state index in [-0.39, 0.29) is 11.6 Å². The zero-order valence-corrected chi connectivity index (χ0v) is 11.0. The van der Waals surface area contributed by atoms with Gasteiger partial charge in [-0.05, 0) is 17.2 Å². The van der Waals surface area contributed by atoms with Gasteiger partial charge in [0.05, 0.1) is 0 Å². The minimum absolute atomic E-state index is 0.119. The van der Waals surface area contributed by atoms with Gasteiger partial charge in [-0.3, -0.25) is 9.59 Å². The minimum atomic E-state index is 0.119. The van der Waals surface area contributed by atoms with E-state index in [9.17, 15) is 9.59 Å². The van der Waals surface area contributed by atoms with Gasteiger partial charge in [-0.15, -0.1) is 0 Å². The van der Waals surface area contributed by atoms with Crippen LogP contribution in [0.1, 0.15) is 24.0 Å². The van der Waals surface area contributed by atoms with Crippen molar-refractivity contribution in [3.63, 3.8) is 0 Å². The Bertz CT molecular complexity index is 643. The Morgan fingerprint density at radius 1 is 0.750 bits per heavy atom. The molecule has 1 aromatic carbocycles. The Kier molecular flexibility index (Phi) is 3.30. The molecular formula is C18H14O2. The van der Waals surface area contributed by atoms with Crippen molar-refractivity contribution in [3.8, 4) is 0 Å². The fourth-order valence-electron chi connectivity index (χ4n) is 2.45. The van der Waals surface area contributed by atoms with Gasteiger partial charge in [-0.25, -0.2) is 0 Å². The fourth-order valence-corrected chi connectivity index (χ4v) is 2.45. The molecule has 0 bridgehead atoms. The van der Waals surface area contributed by atoms with Crippen LogP contribution >= 0.6 is 0 Å². The highest BCUT2D eigenvalue weighted by Gasteiger charge is 2.16. The van der Waals surface area contributed by atoms with Gasteiger partial charge < -0.3 is 0 Å². The minimum Gasteiger partial charge on any atom is -0.294 e. The molecule has 0 spiro atoms. The molecule has 0 aromatic heterocycles. The summed E-state index contributed by atoms with van der Waals surface area (Å²) in [6.45, 7) is 0. The van der Waals surface area contributed by atoms with Gasteiger partial charge in [-0.2, -0.15) is 0 Å². The van der Waals surface area contributed by atoms with Crippen LogP contribution in [-0.2, 0) is 9.59 Å². The van der Waals surface area contributed by atoms with Gasteiger partial charge in [0.15, 0.2) is 11.6 Å². The summed E-state index contributed by atoms with van der Waals surface area (Å²) in [5.41, 5.74) is 3.18. The summed E-state index contributed by atoms with van der Waals surface area (Å²) >= 11 is 0. The SMILES string of the molecule is O=C1CC=CC=C1c1cccc(C2=CC=CCC2=O)c1. The Morgan fingerprint density at radius 3 is 1.70 bits per heavy atom. The van der Waals surface area contributed by atoms with Crippen molar-refractivity contribution in [3.05, 3.63) is 71.8 Å². The number of carbonyl (C=O) groups is 2. The average Bonchev–Trinajstić information content (AvgIpc) is 2.48. The number of benzene rings is 1. The average molecular weight is 262 g/mol. The van der Waals surface area contributed by atoms with Gasteiger partial charge in [0.25, 0.3) is 0 Å². The summed E-state index contributed by atoms with van der Waals surface area (Å²) < 4.78 is 0. The molecule has 0 atom stereocenters. The van der Waals surface area contributed by atoms with E-state index in [4.69, 9.17) is 0 Å². The van der Waals surface area contributed by atoms with Crippen LogP contribution in [0.15, 0.2) is 60.7 Å². The smallest absolute Gasteiger partial charge is 0.167 e. The second-order valence-corrected chi connectivity index (χ2v) is 4.85. The summed E-state index contributed by atoms with van der Waals surface area (Å²) in [6.07, 6.45) is 12.1. The molecule has 0 aliphatic heterocycles. The van der Waals surface area contributed by atoms with Crippen molar-refractivity contribution >= 4 is 22.7 Å². The quantitative estimate of drug-likeness (QED) is 0.817. The van der Waals surface area contributed by atoms with Crippen molar-refractivity contribution in [2.45, 2.75) is 12.8 Å². The normalized spacial score (nSPS) is 18.0. The molecule has 3 rings (SSSR count). The molecule has 0 N–H and O–H groups in total. The number of Topliss-reactive ketones (excluding diaryl/α,β-unsaturated/α-hetero) is 2. The van der Waals surface area contributed by atoms with Crippen LogP contribution in [0.25, 0.3) is 11.1 Å². The van der Waals surface area contributed by atoms with Crippen LogP contribution in [0, 0.1) is 0 Å². The molecule has 0 heterocycles. The molecule has 2 nitrogen and oxygen atoms in total. The summed E-state index contributed by atoms with van der Waals surface area (Å²) in [6, 6.07) is 7.64. The third-order valence-corrected chi connectivity index (χ3v) is 3.49. The molecule has 0 unspecified atom stereocenters. The van der Waals surface area contributed by atoms with Gasteiger partial charge in [-0.1, -0.05) is 54.7 Å². The maximum atomic E-state index is 11.9. The first kappa shape index (κ1) is 12.5. The zero-order chi connectivity index (χ0) is 13.9. The van der Waals surface area contributed by atoms with E-state index in [0.717, 1.165) is 11.1 Å². The molecule has 1 aromatic rings. The third kappa shape index (κ3) is 2.32. The Balaban J connectivity index is 2.02. The molecule has 0 fully saturated rings. The Hall–Kier alpha value is -2.48. The van der Waals surface area contributed by atoms with Crippen molar-refractivity contribution in [1.29, 1.82) is 0 Å². The van der Waals surface area contributed by atoms with Crippen molar-refractivity contribution in [2.24, 2.45) is 0 Å². The van der Waals surface area contributed by atoms with Crippen molar-refractivity contribution in [1.82, 2.24) is 0 Å². The van der Waals surface area contributed by atoms with Crippen LogP contribution in [0.2, 0.25) is 0 Å². The van der Waals surface area contributed by atoms with E-state index in [2.05, 4.69) is 0 Å². The number of ketones is 2. The van der Waals surface area contributed by atoms with E-state index in [0.29, 0.717) is 24.0 Å². The predicted octanol–water partition coefficient (Wildman–Crippen LogP) is 3.51. The number of hydrogen-bond acceptors (Lipinski definition) is 2. The summed E-state index contributed by atoms with van der Waals surface area (Å²) in [5.74, 6) is 0.238. The number of rotatable bonds is 2. The molecule has 0 amide bonds. The lowest BCUT2D eigenvalue weighted by Gasteiger charge is -2.12. The van der Waals surface area contributed by atoms with Crippen LogP contribution in [-0.4, -0.2) is 11.6 Å². The first-order valence-electron chi connectivity index (χ1n) is 6.66. The standard InChI is InChI=1S/C18H14O2/c19-17-10-3-1-8-15(17)13-6-5-7-14(12-13)16-9-2-4-11-18(16)20/h1-9,12H,10-11H2. The van der Waals surface area contributed by atoms with Crippen LogP contribution in [0.4, 0.5) is 0 Å². The molecule has 2 aliphatic carbocycles. The lowest BCUT2D eigenvalue weighted by atomic mass is 9.91. The summed E-state index contributed by atoms with van der Waals surface area (Å²) in [5, 5.41) is 0. The molecule has 2 aliphatic rings. The second kappa shape index (κ2) is 5.25. The summed E-state index contributed by atoms with van der Waals surface area (Å²) in [7, 11) is 0. The van der Waals surface area contributed by atoms with Gasteiger partial charge >= 0.3 is 0 Å². The van der Waals surface area contributed by atoms with Crippen molar-refractivity contribution < 1.29 is 9.59 Å². The molecule has 0 saturated carbocycles. The first-order chi connectivity index (χ1) is 9.75. The van der Waals surface area contributed by atoms with E-state index < -0.39 is 0 Å². The molecule has 0 saturated heterocycles. The fraction of sp³-hybridized carbons (Fsp3) is 0.111. The van der Waals surface area contributed by atoms with Crippen LogP contribution in [0.5, 0.6) is 0 Å². The maximum absolute atomic E-state index is 11.9. The van der Waals surface area contributed by atoms with Gasteiger partial charge in [0.2, 0.25) is 0 Å². The summed E-state index contributed by atoms with van der Waals surface area (Å²) in [4.78, 5) is 23.9. The van der Waals surface area contributed by atoms with Gasteiger partial charge in [0.1, 0.15) is 0 Å². The largest absolute Gasteiger partial charge is 0.294 e. The highest BCUT2D eigenvalue weighted by molar-refractivity contribution is 6.24. The third-order valence-electron chi connectivity index (χ3n) is 3.49. The second-order valence-electron chi connectivity index (χ2n) is 4.85. The Labute approximate surface area is 117 Å². The number of hydrogen-bond donors (Lipinski definition) is 0. The Morgan fingerprint density at radius 2 is 1.25 bits per heavy atom. The first-order valence-corrected chi connectivity index (χ1v) is 6.66. The molecule has 98 valence electrons. The van der Waals surface area contributed by atoms with E-state index in [1.165, 1.54) is 0 Å². The van der Waals surface area contributed by atoms with Gasteiger partial charge in [0, 0.05) is 24.0 Å². The molecule has 2 heteroatoms. The highest BCUT2D eigenvalue weighted by Crippen LogP contribution is 2.26. The molecular weight excluding hydrogens is 248 g/mol. The predicted molar refractivity (Wildman–Crippen MR) is 79.9 cm³/mol. The van der Waals surface area contributed by atoms with Crippen molar-refractivity contribution in [2.75, 3.05) is 0 Å². The number of allylic oxidation sites excluding steroid dienone is 8. The molecule has 20 heavy (non-hydrogen) atoms.